The van der Waals surface area contributed by atoms with Crippen molar-refractivity contribution in [1.82, 2.24) is 23.9 Å². The van der Waals surface area contributed by atoms with Gasteiger partial charge in [0.2, 0.25) is 10.0 Å². The number of hydrogen-bond acceptors (Lipinski definition) is 10. The predicted molar refractivity (Wildman–Crippen MR) is 227 cm³/mol. The Morgan fingerprint density at radius 2 is 1.75 bits per heavy atom. The van der Waals surface area contributed by atoms with Crippen LogP contribution in [-0.4, -0.2) is 127 Å². The Bertz CT molecular complexity index is 1770. The van der Waals surface area contributed by atoms with Crippen molar-refractivity contribution in [3.63, 3.8) is 0 Å². The fourth-order valence-corrected chi connectivity index (χ4v) is 8.11. The molecule has 5 rings (SSSR count). The monoisotopic (exact) mass is 802 g/mol. The predicted octanol–water partition coefficient (Wildman–Crippen LogP) is 7.59. The minimum absolute atomic E-state index is 0. The fourth-order valence-electron chi connectivity index (χ4n) is 6.70. The van der Waals surface area contributed by atoms with E-state index in [9.17, 15) is 23.1 Å². The van der Waals surface area contributed by atoms with Gasteiger partial charge in [-0.2, -0.15) is 9.40 Å². The Morgan fingerprint density at radius 3 is 2.40 bits per heavy atom. The van der Waals surface area contributed by atoms with Crippen LogP contribution in [-0.2, 0) is 31.3 Å². The van der Waals surface area contributed by atoms with Crippen LogP contribution in [0.25, 0.3) is 6.08 Å². The topological polar surface area (TPSA) is 138 Å². The number of aryl methyl sites for hydroxylation is 1. The lowest BCUT2D eigenvalue weighted by molar-refractivity contribution is -0.151. The number of amides is 1. The number of esters is 1. The van der Waals surface area contributed by atoms with E-state index >= 15 is 4.39 Å². The van der Waals surface area contributed by atoms with Gasteiger partial charge in [-0.05, 0) is 68.1 Å². The number of aliphatic hydroxyl groups is 1. The van der Waals surface area contributed by atoms with E-state index in [4.69, 9.17) is 48.1 Å². The van der Waals surface area contributed by atoms with Crippen molar-refractivity contribution in [2.45, 2.75) is 70.7 Å². The molecule has 0 radical (unpaired) electrons. The lowest BCUT2D eigenvalue weighted by atomic mass is 9.91. The molecule has 0 unspecified atom stereocenters. The number of halogens is 1. The van der Waals surface area contributed by atoms with Crippen molar-refractivity contribution < 1.29 is 77.0 Å². The van der Waals surface area contributed by atoms with Crippen molar-refractivity contribution in [2.75, 3.05) is 64.3 Å². The normalized spacial score (nSPS) is 28.8. The van der Waals surface area contributed by atoms with Gasteiger partial charge in [0.15, 0.2) is 0 Å². The molecular weight excluding hydrogens is 692 g/mol. The molecular formula is C37H83FN6O7S. The van der Waals surface area contributed by atoms with Crippen LogP contribution in [0, 0.1) is 17.7 Å². The number of benzene rings is 1. The molecule has 2 saturated heterocycles. The number of aromatic nitrogens is 2. The molecule has 4 heterocycles. The van der Waals surface area contributed by atoms with E-state index in [1.165, 1.54) is 33.5 Å². The van der Waals surface area contributed by atoms with Crippen molar-refractivity contribution in [3.05, 3.63) is 59.7 Å². The number of cyclic esters (lactones) is 1. The smallest absolute Gasteiger partial charge is 0.410 e. The molecule has 3 aliphatic rings. The lowest BCUT2D eigenvalue weighted by Gasteiger charge is -2.35. The number of sulfonamides is 1. The average molecular weight is 802 g/mol. The van der Waals surface area contributed by atoms with Crippen LogP contribution in [0.2, 0.25) is 0 Å². The van der Waals surface area contributed by atoms with E-state index < -0.39 is 40.1 Å². The first-order valence-corrected chi connectivity index (χ1v) is 19.1. The van der Waals surface area contributed by atoms with Crippen molar-refractivity contribution in [2.24, 2.45) is 18.9 Å². The van der Waals surface area contributed by atoms with Crippen molar-refractivity contribution in [3.8, 4) is 0 Å². The molecule has 1 N–H and O–H groups in total. The van der Waals surface area contributed by atoms with Gasteiger partial charge in [0.05, 0.1) is 18.7 Å². The average Bonchev–Trinajstić information content (AvgIpc) is 3.96. The van der Waals surface area contributed by atoms with Gasteiger partial charge in [-0.3, -0.25) is 9.48 Å². The summed E-state index contributed by atoms with van der Waals surface area (Å²) >= 11 is 0. The molecule has 13 nitrogen and oxygen atoms in total. The molecule has 0 aliphatic carbocycles. The zero-order valence-corrected chi connectivity index (χ0v) is 31.0. The van der Waals surface area contributed by atoms with Gasteiger partial charge in [-0.25, -0.2) is 17.6 Å². The summed E-state index contributed by atoms with van der Waals surface area (Å²) in [5.74, 6) is -1.44. The van der Waals surface area contributed by atoms with Crippen LogP contribution < -0.4 is 4.90 Å². The molecule has 1 aromatic heterocycles. The molecule has 0 bridgehead atoms. The summed E-state index contributed by atoms with van der Waals surface area (Å²) < 4.78 is 186. The van der Waals surface area contributed by atoms with Crippen LogP contribution in [0.3, 0.4) is 0 Å². The number of aliphatic hydroxyl groups excluding tert-OH is 1. The lowest BCUT2D eigenvalue weighted by Crippen LogP contribution is -2.48. The number of piperazine rings is 2. The number of anilines is 1. The Morgan fingerprint density at radius 1 is 1.06 bits per heavy atom. The highest BCUT2D eigenvalue weighted by molar-refractivity contribution is 7.89. The fraction of sp³-hybridized carbons (Fsp3) is 0.595. The zero-order chi connectivity index (χ0) is 62.9. The highest BCUT2D eigenvalue weighted by atomic mass is 32.2. The maximum absolute atomic E-state index is 15.0. The van der Waals surface area contributed by atoms with Gasteiger partial charge >= 0.3 is 12.1 Å². The first-order valence-electron chi connectivity index (χ1n) is 30.6. The summed E-state index contributed by atoms with van der Waals surface area (Å²) in [5.41, 5.74) is 1.83. The highest BCUT2D eigenvalue weighted by Gasteiger charge is 2.31. The third kappa shape index (κ3) is 10.4. The van der Waals surface area contributed by atoms with E-state index in [2.05, 4.69) is 10.00 Å². The number of carbonyl (C=O) groups is 2. The first-order chi connectivity index (χ1) is 37.2. The summed E-state index contributed by atoms with van der Waals surface area (Å²) in [7, 11) is -0.0123. The quantitative estimate of drug-likeness (QED) is 0.230. The van der Waals surface area contributed by atoms with Crippen molar-refractivity contribution in [1.29, 1.82) is 0 Å². The number of nitrogens with zero attached hydrogens (tertiary/aromatic N) is 6. The maximum atomic E-state index is 15.0. The largest absolute Gasteiger partial charge is 0.457 e. The molecule has 52 heavy (non-hydrogen) atoms. The number of carbonyl (C=O) groups excluding carboxylic acids is 2. The van der Waals surface area contributed by atoms with Gasteiger partial charge < -0.3 is 29.3 Å². The minimum atomic E-state index is -3.69. The first kappa shape index (κ1) is 26.1. The summed E-state index contributed by atoms with van der Waals surface area (Å²) in [6, 6.07) is 4.65. The molecule has 0 spiro atoms. The standard InChI is InChI=1S/C36H51FN6O7S.CH4.14H2/c1-25-6-8-31(44)22-34(45)50-35(26(2)7-9-33(25)49-36(46)42-12-10-39(4)11-13-42)27(3)18-28-19-29(37)21-30(20-28)41-14-16-43(17-15-41)51(47,48)32-23-38-40(5)24-32;;;;;;;;;;;;;;;/h7,9,18-21,23-26,31,33,35,44H,6,8,10-17,22H2,1-5H3;1H4;14*1H/b9-7+,27-18+;;;;;;;;;;;;;;;/t25-,26-,31+,33-,35-;;;;;;;;;;;;;;;/m0.............../s1/i;;13*1+1D;1+1. The van der Waals surface area contributed by atoms with E-state index in [-0.39, 0.29) is 51.2 Å². The van der Waals surface area contributed by atoms with Gasteiger partial charge in [-0.15, -0.1) is 0 Å². The molecule has 2 aromatic rings. The van der Waals surface area contributed by atoms with Gasteiger partial charge in [0, 0.05) is 117 Å². The molecule has 0 saturated carbocycles. The van der Waals surface area contributed by atoms with Gasteiger partial charge in [0.25, 0.3) is 0 Å². The van der Waals surface area contributed by atoms with Crippen LogP contribution in [0.5, 0.6) is 0 Å². The third-order valence-electron chi connectivity index (χ3n) is 9.93. The summed E-state index contributed by atoms with van der Waals surface area (Å²) in [5, 5.41) is 14.6. The van der Waals surface area contributed by atoms with Crippen LogP contribution >= 0.6 is 0 Å². The Labute approximate surface area is 349 Å². The molecule has 316 valence electrons. The van der Waals surface area contributed by atoms with Gasteiger partial charge in [-0.1, -0.05) is 33.4 Å². The highest BCUT2D eigenvalue weighted by Crippen LogP contribution is 2.28. The SMILES string of the molecule is C.C/C(=C\c1cc(F)cc(N2CCN(S(=O)(=O)c3cnn(C)c3)CC2)c1)[C@H]1OC(=O)C[C@H](O)CC[C@H](C)[C@@H](OC(=O)N2CCN(C)CC2)/C=C/[C@@H]1C.[2HH].[2H][2H].[2H][2H].[2H][2H].[2H][2H].[2H][2H].[2H][2H].[2H][2H].[2H][2H].[2H][2H].[2H][2H].[2H][2H].[2H][2H].[2H][2H]. The van der Waals surface area contributed by atoms with Crippen LogP contribution in [0.15, 0.2) is 53.2 Å². The number of likely N-dealkylation sites (N-methyl/N-ethyl adjacent to an activating group) is 1. The Balaban J connectivity index is -0.000000161. The summed E-state index contributed by atoms with van der Waals surface area (Å²) in [6.45, 7) is 9.60. The number of ether oxygens (including phenoxy) is 2. The second kappa shape index (κ2) is 17.8. The third-order valence-corrected chi connectivity index (χ3v) is 11.8. The molecule has 1 aromatic carbocycles. The van der Waals surface area contributed by atoms with E-state index in [1.807, 2.05) is 50.9 Å². The van der Waals surface area contributed by atoms with E-state index in [0.29, 0.717) is 55.8 Å². The Kier molecular flexibility index (Phi) is 8.93. The maximum Gasteiger partial charge on any atom is 0.410 e. The zero-order valence-electron chi connectivity index (χ0n) is 56.1. The van der Waals surface area contributed by atoms with E-state index in [1.54, 1.807) is 18.0 Å². The number of rotatable bonds is 6. The summed E-state index contributed by atoms with van der Waals surface area (Å²) in [4.78, 5) is 32.0. The van der Waals surface area contributed by atoms with Gasteiger partial charge in [0.1, 0.15) is 22.9 Å². The molecule has 1 amide bonds. The number of hydrogen-bond donors (Lipinski definition) is 1. The summed E-state index contributed by atoms with van der Waals surface area (Å²) in [6.07, 6.45) is 6.46. The second-order valence-corrected chi connectivity index (χ2v) is 16.0. The molecule has 2 fully saturated rings. The van der Waals surface area contributed by atoms with Crippen LogP contribution in [0.1, 0.15) is 93.1 Å². The minimum Gasteiger partial charge on any atom is -0.457 e. The van der Waals surface area contributed by atoms with Crippen molar-refractivity contribution >= 4 is 33.8 Å². The Hall–Kier alpha value is -3.79. The molecule has 3 aliphatic heterocycles. The second-order valence-electron chi connectivity index (χ2n) is 14.1. The van der Waals surface area contributed by atoms with Crippen LogP contribution in [0.4, 0.5) is 14.9 Å². The van der Waals surface area contributed by atoms with E-state index in [0.717, 1.165) is 13.1 Å². The molecule has 5 atom stereocenters. The molecule has 15 heteroatoms.